The van der Waals surface area contributed by atoms with Crippen LogP contribution in [0.15, 0.2) is 46.9 Å². The lowest BCUT2D eigenvalue weighted by Crippen LogP contribution is -2.39. The Morgan fingerprint density at radius 1 is 1.14 bits per heavy atom. The van der Waals surface area contributed by atoms with Gasteiger partial charge in [-0.15, -0.1) is 0 Å². The smallest absolute Gasteiger partial charge is 0.404 e. The average molecular weight is 472 g/mol. The van der Waals surface area contributed by atoms with Crippen LogP contribution in [0.2, 0.25) is 0 Å². The topological polar surface area (TPSA) is 67.6 Å². The number of benzene rings is 2. The van der Waals surface area contributed by atoms with Gasteiger partial charge in [0.2, 0.25) is 0 Å². The Hall–Kier alpha value is -2.42. The zero-order valence-electron chi connectivity index (χ0n) is 15.5. The third kappa shape index (κ3) is 5.79. The number of hydrogen-bond acceptors (Lipinski definition) is 4. The highest BCUT2D eigenvalue weighted by atomic mass is 79.9. The molecule has 156 valence electrons. The van der Waals surface area contributed by atoms with E-state index in [2.05, 4.69) is 21.2 Å². The summed E-state index contributed by atoms with van der Waals surface area (Å²) in [6.07, 6.45) is -4.71. The van der Waals surface area contributed by atoms with E-state index in [9.17, 15) is 18.0 Å². The summed E-state index contributed by atoms with van der Waals surface area (Å²) in [5, 5.41) is 3.26. The van der Waals surface area contributed by atoms with Crippen LogP contribution in [-0.2, 0) is 11.3 Å². The third-order valence-electron chi connectivity index (χ3n) is 4.87. The maximum Gasteiger partial charge on any atom is 0.404 e. The summed E-state index contributed by atoms with van der Waals surface area (Å²) in [5.41, 5.74) is 8.33. The minimum Gasteiger partial charge on any atom is -0.445 e. The van der Waals surface area contributed by atoms with E-state index >= 15 is 0 Å². The Kier molecular flexibility index (Phi) is 6.56. The van der Waals surface area contributed by atoms with Gasteiger partial charge >= 0.3 is 12.3 Å². The first-order valence-corrected chi connectivity index (χ1v) is 9.91. The second-order valence-corrected chi connectivity index (χ2v) is 7.75. The Balaban J connectivity index is 1.60. The van der Waals surface area contributed by atoms with Crippen LogP contribution in [-0.4, -0.2) is 25.4 Å². The number of carbonyl (C=O) groups is 1. The van der Waals surface area contributed by atoms with E-state index in [-0.39, 0.29) is 19.4 Å². The monoisotopic (exact) mass is 471 g/mol. The molecule has 1 aliphatic rings. The molecular weight excluding hydrogens is 451 g/mol. The number of piperidine rings is 1. The average Bonchev–Trinajstić information content (AvgIpc) is 2.67. The van der Waals surface area contributed by atoms with E-state index in [1.807, 2.05) is 47.4 Å². The van der Waals surface area contributed by atoms with Crippen LogP contribution < -0.4 is 16.0 Å². The molecule has 2 aromatic carbocycles. The summed E-state index contributed by atoms with van der Waals surface area (Å²) < 4.78 is 44.1. The lowest BCUT2D eigenvalue weighted by atomic mass is 9.96. The molecule has 0 aromatic heterocycles. The first-order valence-electron chi connectivity index (χ1n) is 9.12. The zero-order valence-corrected chi connectivity index (χ0v) is 17.1. The van der Waals surface area contributed by atoms with E-state index in [4.69, 9.17) is 10.5 Å². The molecule has 3 rings (SSSR count). The van der Waals surface area contributed by atoms with Crippen molar-refractivity contribution in [3.63, 3.8) is 0 Å². The summed E-state index contributed by atoms with van der Waals surface area (Å²) in [7, 11) is 0. The van der Waals surface area contributed by atoms with Crippen LogP contribution in [0, 0.1) is 5.92 Å². The minimum atomic E-state index is -4.11. The summed E-state index contributed by atoms with van der Waals surface area (Å²) in [6, 6.07) is 13.0. The van der Waals surface area contributed by atoms with Gasteiger partial charge < -0.3 is 20.7 Å². The summed E-state index contributed by atoms with van der Waals surface area (Å²) in [6.45, 7) is 0.871. The first-order chi connectivity index (χ1) is 13.7. The Labute approximate surface area is 175 Å². The Morgan fingerprint density at radius 2 is 1.76 bits per heavy atom. The first kappa shape index (κ1) is 21.3. The molecule has 1 aliphatic heterocycles. The number of amides is 1. The van der Waals surface area contributed by atoms with Crippen LogP contribution in [0.1, 0.15) is 18.4 Å². The van der Waals surface area contributed by atoms with Gasteiger partial charge in [0.15, 0.2) is 0 Å². The predicted molar refractivity (Wildman–Crippen MR) is 109 cm³/mol. The van der Waals surface area contributed by atoms with Gasteiger partial charge in [-0.3, -0.25) is 0 Å². The van der Waals surface area contributed by atoms with Crippen molar-refractivity contribution in [2.75, 3.05) is 23.3 Å². The maximum absolute atomic E-state index is 12.8. The number of carbonyl (C=O) groups excluding carboxylic acids is 1. The lowest BCUT2D eigenvalue weighted by molar-refractivity contribution is -0.179. The van der Waals surface area contributed by atoms with Crippen LogP contribution >= 0.6 is 15.9 Å². The summed E-state index contributed by atoms with van der Waals surface area (Å²) in [5.74, 6) is -1.21. The molecule has 0 radical (unpaired) electrons. The van der Waals surface area contributed by atoms with Crippen LogP contribution in [0.4, 0.5) is 35.0 Å². The van der Waals surface area contributed by atoms with Crippen molar-refractivity contribution in [1.29, 1.82) is 0 Å². The molecule has 3 N–H and O–H groups in total. The molecule has 1 fully saturated rings. The molecule has 9 heteroatoms. The highest BCUT2D eigenvalue weighted by Gasteiger charge is 2.41. The standard InChI is InChI=1S/C20H21BrF3N3O2/c21-17-11-16(26-15-3-1-13(2-4-15)12-29-19(25)28)5-6-18(17)27-9-7-14(8-10-27)20(22,23)24/h1-6,11,14,26H,7-10,12H2,(H2,25,28). The van der Waals surface area contributed by atoms with Gasteiger partial charge in [0.05, 0.1) is 11.6 Å². The van der Waals surface area contributed by atoms with Crippen molar-refractivity contribution in [3.8, 4) is 0 Å². The van der Waals surface area contributed by atoms with Crippen molar-refractivity contribution >= 4 is 39.1 Å². The van der Waals surface area contributed by atoms with Crippen LogP contribution in [0.25, 0.3) is 0 Å². The van der Waals surface area contributed by atoms with E-state index in [1.54, 1.807) is 0 Å². The molecule has 0 spiro atoms. The van der Waals surface area contributed by atoms with E-state index in [1.165, 1.54) is 0 Å². The number of alkyl halides is 3. The van der Waals surface area contributed by atoms with Crippen molar-refractivity contribution < 1.29 is 22.7 Å². The fourth-order valence-corrected chi connectivity index (χ4v) is 3.92. The molecule has 5 nitrogen and oxygen atoms in total. The number of halogens is 4. The van der Waals surface area contributed by atoms with Crippen molar-refractivity contribution in [2.45, 2.75) is 25.6 Å². The minimum absolute atomic E-state index is 0.112. The van der Waals surface area contributed by atoms with Gasteiger partial charge in [-0.05, 0) is 64.7 Å². The second-order valence-electron chi connectivity index (χ2n) is 6.90. The van der Waals surface area contributed by atoms with Crippen molar-refractivity contribution in [2.24, 2.45) is 11.7 Å². The number of nitrogens with one attached hydrogen (secondary N) is 1. The molecule has 0 atom stereocenters. The molecule has 0 bridgehead atoms. The summed E-state index contributed by atoms with van der Waals surface area (Å²) in [4.78, 5) is 12.6. The highest BCUT2D eigenvalue weighted by Crippen LogP contribution is 2.38. The van der Waals surface area contributed by atoms with E-state index in [0.717, 1.165) is 27.1 Å². The zero-order chi connectivity index (χ0) is 21.0. The van der Waals surface area contributed by atoms with E-state index < -0.39 is 18.2 Å². The molecule has 0 saturated carbocycles. The number of ether oxygens (including phenoxy) is 1. The van der Waals surface area contributed by atoms with Gasteiger partial charge in [-0.25, -0.2) is 4.79 Å². The number of primary amides is 1. The maximum atomic E-state index is 12.8. The van der Waals surface area contributed by atoms with Gasteiger partial charge in [0.1, 0.15) is 6.61 Å². The number of anilines is 3. The molecule has 29 heavy (non-hydrogen) atoms. The normalized spacial score (nSPS) is 15.2. The van der Waals surface area contributed by atoms with Gasteiger partial charge in [0.25, 0.3) is 0 Å². The highest BCUT2D eigenvalue weighted by molar-refractivity contribution is 9.10. The molecule has 0 unspecified atom stereocenters. The summed E-state index contributed by atoms with van der Waals surface area (Å²) >= 11 is 3.53. The molecule has 2 aromatic rings. The SMILES string of the molecule is NC(=O)OCc1ccc(Nc2ccc(N3CCC(C(F)(F)F)CC3)c(Br)c2)cc1. The van der Waals surface area contributed by atoms with Gasteiger partial charge in [-0.1, -0.05) is 12.1 Å². The van der Waals surface area contributed by atoms with Crippen molar-refractivity contribution in [3.05, 3.63) is 52.5 Å². The lowest BCUT2D eigenvalue weighted by Gasteiger charge is -2.35. The largest absolute Gasteiger partial charge is 0.445 e. The molecule has 1 heterocycles. The quantitative estimate of drug-likeness (QED) is 0.598. The van der Waals surface area contributed by atoms with Crippen LogP contribution in [0.3, 0.4) is 0 Å². The van der Waals surface area contributed by atoms with Gasteiger partial charge in [0, 0.05) is 28.9 Å². The second kappa shape index (κ2) is 8.94. The fourth-order valence-electron chi connectivity index (χ4n) is 3.29. The fraction of sp³-hybridized carbons (Fsp3) is 0.350. The third-order valence-corrected chi connectivity index (χ3v) is 5.51. The van der Waals surface area contributed by atoms with E-state index in [0.29, 0.717) is 13.1 Å². The number of nitrogens with two attached hydrogens (primary N) is 1. The number of nitrogens with zero attached hydrogens (tertiary/aromatic N) is 1. The predicted octanol–water partition coefficient (Wildman–Crippen LogP) is 5.57. The Bertz CT molecular complexity index is 851. The Morgan fingerprint density at radius 3 is 2.31 bits per heavy atom. The molecule has 1 amide bonds. The molecule has 1 saturated heterocycles. The number of hydrogen-bond donors (Lipinski definition) is 2. The van der Waals surface area contributed by atoms with Crippen LogP contribution in [0.5, 0.6) is 0 Å². The molecular formula is C20H21BrF3N3O2. The van der Waals surface area contributed by atoms with Crippen molar-refractivity contribution in [1.82, 2.24) is 0 Å². The number of rotatable bonds is 5. The van der Waals surface area contributed by atoms with Gasteiger partial charge in [-0.2, -0.15) is 13.2 Å². The molecule has 0 aliphatic carbocycles.